The molecule has 0 radical (unpaired) electrons. The topological polar surface area (TPSA) is 59.1 Å². The number of rotatable bonds is 6. The van der Waals surface area contributed by atoms with E-state index in [0.29, 0.717) is 12.1 Å². The van der Waals surface area contributed by atoms with Crippen LogP contribution < -0.4 is 10.6 Å². The lowest BCUT2D eigenvalue weighted by Gasteiger charge is -2.12. The molecule has 1 atom stereocenters. The maximum absolute atomic E-state index is 5.60. The van der Waals surface area contributed by atoms with Crippen LogP contribution in [0, 0.1) is 6.92 Å². The van der Waals surface area contributed by atoms with Crippen LogP contribution in [-0.4, -0.2) is 29.2 Å². The molecule has 1 aliphatic heterocycles. The molecule has 5 nitrogen and oxygen atoms in total. The third kappa shape index (κ3) is 4.18. The zero-order valence-corrected chi connectivity index (χ0v) is 12.9. The fourth-order valence-corrected chi connectivity index (χ4v) is 2.45. The standard InChI is InChI=1S/C17H22N4O/c1-13-4-6-14(7-5-13)11-20-17-18-9-8-16(21-17)19-12-15-3-2-10-22-15/h4-9,15H,2-3,10-12H2,1H3,(H2,18,19,20,21). The van der Waals surface area contributed by atoms with E-state index in [-0.39, 0.29) is 0 Å². The molecule has 2 N–H and O–H groups in total. The van der Waals surface area contributed by atoms with E-state index >= 15 is 0 Å². The number of aromatic nitrogens is 2. The molecule has 0 amide bonds. The van der Waals surface area contributed by atoms with Crippen LogP contribution in [0.1, 0.15) is 24.0 Å². The van der Waals surface area contributed by atoms with Gasteiger partial charge in [0.25, 0.3) is 0 Å². The van der Waals surface area contributed by atoms with Crippen LogP contribution in [-0.2, 0) is 11.3 Å². The van der Waals surface area contributed by atoms with Crippen molar-refractivity contribution in [1.29, 1.82) is 0 Å². The van der Waals surface area contributed by atoms with Crippen LogP contribution in [0.3, 0.4) is 0 Å². The second-order valence-electron chi connectivity index (χ2n) is 5.62. The Kier molecular flexibility index (Phi) is 4.85. The van der Waals surface area contributed by atoms with E-state index in [1.54, 1.807) is 6.20 Å². The van der Waals surface area contributed by atoms with Crippen LogP contribution in [0.5, 0.6) is 0 Å². The van der Waals surface area contributed by atoms with E-state index in [9.17, 15) is 0 Å². The molecule has 2 aromatic rings. The van der Waals surface area contributed by atoms with Gasteiger partial charge < -0.3 is 15.4 Å². The van der Waals surface area contributed by atoms with Gasteiger partial charge in [-0.25, -0.2) is 4.98 Å². The molecule has 1 aromatic heterocycles. The molecule has 1 aromatic carbocycles. The molecule has 0 bridgehead atoms. The van der Waals surface area contributed by atoms with Crippen molar-refractivity contribution in [2.24, 2.45) is 0 Å². The van der Waals surface area contributed by atoms with E-state index in [0.717, 1.165) is 38.4 Å². The van der Waals surface area contributed by atoms with Gasteiger partial charge in [0.2, 0.25) is 5.95 Å². The first kappa shape index (κ1) is 14.8. The number of anilines is 2. The van der Waals surface area contributed by atoms with Gasteiger partial charge in [0.05, 0.1) is 6.10 Å². The number of nitrogens with one attached hydrogen (secondary N) is 2. The summed E-state index contributed by atoms with van der Waals surface area (Å²) in [6, 6.07) is 10.3. The zero-order valence-electron chi connectivity index (χ0n) is 12.9. The minimum absolute atomic E-state index is 0.305. The lowest BCUT2D eigenvalue weighted by atomic mass is 10.1. The van der Waals surface area contributed by atoms with Crippen LogP contribution in [0.4, 0.5) is 11.8 Å². The number of aryl methyl sites for hydroxylation is 1. The third-order valence-electron chi connectivity index (χ3n) is 3.76. The first-order chi connectivity index (χ1) is 10.8. The molecule has 0 aliphatic carbocycles. The van der Waals surface area contributed by atoms with E-state index in [1.165, 1.54) is 11.1 Å². The smallest absolute Gasteiger partial charge is 0.224 e. The van der Waals surface area contributed by atoms with Crippen LogP contribution in [0.25, 0.3) is 0 Å². The summed E-state index contributed by atoms with van der Waals surface area (Å²) in [4.78, 5) is 8.74. The van der Waals surface area contributed by atoms with Crippen molar-refractivity contribution in [1.82, 2.24) is 9.97 Å². The maximum atomic E-state index is 5.60. The Labute approximate surface area is 131 Å². The lowest BCUT2D eigenvalue weighted by Crippen LogP contribution is -2.19. The lowest BCUT2D eigenvalue weighted by molar-refractivity contribution is 0.120. The van der Waals surface area contributed by atoms with E-state index in [4.69, 9.17) is 4.74 Å². The van der Waals surface area contributed by atoms with Crippen molar-refractivity contribution in [3.63, 3.8) is 0 Å². The van der Waals surface area contributed by atoms with Gasteiger partial charge in [-0.05, 0) is 31.4 Å². The molecule has 0 spiro atoms. The number of hydrogen-bond donors (Lipinski definition) is 2. The highest BCUT2D eigenvalue weighted by Gasteiger charge is 2.15. The molecule has 116 valence electrons. The van der Waals surface area contributed by atoms with Crippen molar-refractivity contribution < 1.29 is 4.74 Å². The van der Waals surface area contributed by atoms with Gasteiger partial charge in [-0.15, -0.1) is 0 Å². The summed E-state index contributed by atoms with van der Waals surface area (Å²) in [5, 5.41) is 6.57. The molecule has 3 rings (SSSR count). The first-order valence-corrected chi connectivity index (χ1v) is 7.77. The number of ether oxygens (including phenoxy) is 1. The normalized spacial score (nSPS) is 17.4. The Hall–Kier alpha value is -2.14. The SMILES string of the molecule is Cc1ccc(CNc2nccc(NCC3CCCO3)n2)cc1. The summed E-state index contributed by atoms with van der Waals surface area (Å²) in [7, 11) is 0. The second kappa shape index (κ2) is 7.22. The highest BCUT2D eigenvalue weighted by Crippen LogP contribution is 2.13. The van der Waals surface area contributed by atoms with Crippen molar-refractivity contribution in [3.8, 4) is 0 Å². The summed E-state index contributed by atoms with van der Waals surface area (Å²) in [6.45, 7) is 4.48. The molecule has 1 fully saturated rings. The molecule has 0 saturated carbocycles. The third-order valence-corrected chi connectivity index (χ3v) is 3.76. The summed E-state index contributed by atoms with van der Waals surface area (Å²) in [6.07, 6.45) is 4.34. The number of hydrogen-bond acceptors (Lipinski definition) is 5. The minimum Gasteiger partial charge on any atom is -0.376 e. The fourth-order valence-electron chi connectivity index (χ4n) is 2.45. The van der Waals surface area contributed by atoms with Crippen molar-refractivity contribution >= 4 is 11.8 Å². The Morgan fingerprint density at radius 2 is 2.05 bits per heavy atom. The maximum Gasteiger partial charge on any atom is 0.224 e. The van der Waals surface area contributed by atoms with Gasteiger partial charge in [0.1, 0.15) is 5.82 Å². The highest BCUT2D eigenvalue weighted by molar-refractivity contribution is 5.40. The molecule has 1 aliphatic rings. The van der Waals surface area contributed by atoms with Crippen molar-refractivity contribution in [2.75, 3.05) is 23.8 Å². The van der Waals surface area contributed by atoms with Crippen molar-refractivity contribution in [3.05, 3.63) is 47.7 Å². The predicted octanol–water partition coefficient (Wildman–Crippen LogP) is 2.99. The van der Waals surface area contributed by atoms with Crippen LogP contribution >= 0.6 is 0 Å². The molecule has 1 saturated heterocycles. The average Bonchev–Trinajstić information content (AvgIpc) is 3.06. The number of nitrogens with zero attached hydrogens (tertiary/aromatic N) is 2. The minimum atomic E-state index is 0.305. The average molecular weight is 298 g/mol. The summed E-state index contributed by atoms with van der Waals surface area (Å²) in [5.74, 6) is 1.47. The molecule has 1 unspecified atom stereocenters. The highest BCUT2D eigenvalue weighted by atomic mass is 16.5. The number of benzene rings is 1. The Morgan fingerprint density at radius 3 is 2.82 bits per heavy atom. The Balaban J connectivity index is 1.52. The monoisotopic (exact) mass is 298 g/mol. The van der Waals surface area contributed by atoms with Gasteiger partial charge in [-0.1, -0.05) is 29.8 Å². The fraction of sp³-hybridized carbons (Fsp3) is 0.412. The Morgan fingerprint density at radius 1 is 1.18 bits per heavy atom. The van der Waals surface area contributed by atoms with Gasteiger partial charge in [0, 0.05) is 25.9 Å². The van der Waals surface area contributed by atoms with E-state index in [2.05, 4.69) is 51.8 Å². The molecule has 2 heterocycles. The Bertz CT molecular complexity index is 594. The van der Waals surface area contributed by atoms with Gasteiger partial charge in [-0.2, -0.15) is 4.98 Å². The predicted molar refractivity (Wildman–Crippen MR) is 88.0 cm³/mol. The first-order valence-electron chi connectivity index (χ1n) is 7.77. The van der Waals surface area contributed by atoms with Gasteiger partial charge >= 0.3 is 0 Å². The summed E-state index contributed by atoms with van der Waals surface area (Å²) >= 11 is 0. The van der Waals surface area contributed by atoms with E-state index < -0.39 is 0 Å². The second-order valence-corrected chi connectivity index (χ2v) is 5.62. The summed E-state index contributed by atoms with van der Waals surface area (Å²) < 4.78 is 5.60. The van der Waals surface area contributed by atoms with Gasteiger partial charge in [-0.3, -0.25) is 0 Å². The largest absolute Gasteiger partial charge is 0.376 e. The van der Waals surface area contributed by atoms with E-state index in [1.807, 2.05) is 6.07 Å². The molecule has 5 heteroatoms. The quantitative estimate of drug-likeness (QED) is 0.858. The zero-order chi connectivity index (χ0) is 15.2. The molecular weight excluding hydrogens is 276 g/mol. The van der Waals surface area contributed by atoms with Crippen LogP contribution in [0.15, 0.2) is 36.5 Å². The molecule has 22 heavy (non-hydrogen) atoms. The van der Waals surface area contributed by atoms with Crippen LogP contribution in [0.2, 0.25) is 0 Å². The summed E-state index contributed by atoms with van der Waals surface area (Å²) in [5.41, 5.74) is 2.48. The van der Waals surface area contributed by atoms with Crippen molar-refractivity contribution in [2.45, 2.75) is 32.4 Å². The van der Waals surface area contributed by atoms with Gasteiger partial charge in [0.15, 0.2) is 0 Å². The molecular formula is C17H22N4O.